The number of nitro groups is 1. The van der Waals surface area contributed by atoms with Gasteiger partial charge in [0.1, 0.15) is 6.20 Å². The minimum Gasteiger partial charge on any atom is -0.504 e. The molecule has 0 amide bonds. The highest BCUT2D eigenvalue weighted by molar-refractivity contribution is 7.23. The van der Waals surface area contributed by atoms with E-state index in [-0.39, 0.29) is 15.9 Å². The first-order valence-electron chi connectivity index (χ1n) is 5.37. The van der Waals surface area contributed by atoms with Crippen LogP contribution in [0.4, 0.5) is 15.1 Å². The van der Waals surface area contributed by atoms with Crippen molar-refractivity contribution >= 4 is 47.9 Å². The fourth-order valence-electron chi connectivity index (χ4n) is 1.56. The summed E-state index contributed by atoms with van der Waals surface area (Å²) in [6.07, 6.45) is 1.13. The molecule has 0 saturated heterocycles. The molecule has 20 heavy (non-hydrogen) atoms. The second-order valence-electron chi connectivity index (χ2n) is 3.69. The number of fused-ring (bicyclic) bond motifs is 1. The lowest BCUT2D eigenvalue weighted by Gasteiger charge is -1.88. The first kappa shape index (κ1) is 12.6. The van der Waals surface area contributed by atoms with E-state index in [9.17, 15) is 15.2 Å². The Hall–Kier alpha value is -2.39. The van der Waals surface area contributed by atoms with E-state index in [0.29, 0.717) is 10.4 Å². The molecule has 9 heteroatoms. The van der Waals surface area contributed by atoms with Crippen molar-refractivity contribution in [3.05, 3.63) is 40.6 Å². The van der Waals surface area contributed by atoms with Crippen LogP contribution in [0, 0.1) is 10.1 Å². The van der Waals surface area contributed by atoms with Gasteiger partial charge in [-0.3, -0.25) is 10.1 Å². The van der Waals surface area contributed by atoms with Gasteiger partial charge >= 0.3 is 5.00 Å². The summed E-state index contributed by atoms with van der Waals surface area (Å²) in [5, 5.41) is 29.4. The fourth-order valence-corrected chi connectivity index (χ4v) is 3.03. The number of rotatable bonds is 3. The Morgan fingerprint density at radius 3 is 2.75 bits per heavy atom. The van der Waals surface area contributed by atoms with Crippen molar-refractivity contribution in [3.8, 4) is 5.75 Å². The summed E-state index contributed by atoms with van der Waals surface area (Å²) in [6.45, 7) is 0. The monoisotopic (exact) mass is 306 g/mol. The molecule has 0 fully saturated rings. The highest BCUT2D eigenvalue weighted by atomic mass is 32.1. The Morgan fingerprint density at radius 1 is 1.25 bits per heavy atom. The normalized spacial score (nSPS) is 11.4. The van der Waals surface area contributed by atoms with Crippen molar-refractivity contribution in [2.24, 2.45) is 10.2 Å². The van der Waals surface area contributed by atoms with Gasteiger partial charge in [-0.1, -0.05) is 12.1 Å². The molecule has 2 aromatic heterocycles. The molecule has 0 aliphatic rings. The molecule has 1 N–H and O–H groups in total. The quantitative estimate of drug-likeness (QED) is 0.440. The number of aromatic hydroxyl groups is 1. The molecule has 0 bridgehead atoms. The van der Waals surface area contributed by atoms with Crippen LogP contribution in [0.5, 0.6) is 5.75 Å². The third-order valence-electron chi connectivity index (χ3n) is 2.44. The Labute approximate surface area is 120 Å². The van der Waals surface area contributed by atoms with Gasteiger partial charge in [0.05, 0.1) is 4.92 Å². The number of azo groups is 1. The Bertz CT molecular complexity index is 824. The highest BCUT2D eigenvalue weighted by Gasteiger charge is 2.12. The number of thiophene rings is 1. The molecule has 3 aromatic rings. The largest absolute Gasteiger partial charge is 0.504 e. The van der Waals surface area contributed by atoms with Gasteiger partial charge in [-0.15, -0.1) is 21.6 Å². The molecule has 0 spiro atoms. The number of benzene rings is 1. The minimum atomic E-state index is -0.534. The van der Waals surface area contributed by atoms with Crippen molar-refractivity contribution in [3.63, 3.8) is 0 Å². The average Bonchev–Trinajstić information content (AvgIpc) is 3.03. The van der Waals surface area contributed by atoms with Crippen LogP contribution in [-0.2, 0) is 0 Å². The second kappa shape index (κ2) is 4.94. The Kier molecular flexibility index (Phi) is 3.12. The summed E-state index contributed by atoms with van der Waals surface area (Å²) < 4.78 is 0.893. The maximum atomic E-state index is 10.5. The smallest absolute Gasteiger partial charge is 0.345 e. The molecule has 2 heterocycles. The average molecular weight is 306 g/mol. The van der Waals surface area contributed by atoms with Gasteiger partial charge in [0.15, 0.2) is 10.8 Å². The van der Waals surface area contributed by atoms with E-state index in [2.05, 4.69) is 15.2 Å². The van der Waals surface area contributed by atoms with Crippen molar-refractivity contribution in [2.45, 2.75) is 0 Å². The van der Waals surface area contributed by atoms with Crippen LogP contribution in [0.15, 0.2) is 40.7 Å². The molecule has 100 valence electrons. The first-order valence-corrected chi connectivity index (χ1v) is 7.01. The summed E-state index contributed by atoms with van der Waals surface area (Å²) in [7, 11) is 0. The summed E-state index contributed by atoms with van der Waals surface area (Å²) in [6, 6.07) is 7.34. The van der Waals surface area contributed by atoms with E-state index in [1.165, 1.54) is 11.3 Å². The third-order valence-corrected chi connectivity index (χ3v) is 4.32. The van der Waals surface area contributed by atoms with Gasteiger partial charge in [-0.05, 0) is 23.5 Å². The predicted octanol–water partition coefficient (Wildman–Crippen LogP) is 4.39. The standard InChI is InChI=1S/C11H6N4O3S2/c16-9-6-3-1-2-4-7(6)19-10(9)13-14-11-12-5-8(20-11)15(17)18/h1-5,16H. The molecule has 7 nitrogen and oxygen atoms in total. The van der Waals surface area contributed by atoms with Crippen molar-refractivity contribution < 1.29 is 10.0 Å². The molecular weight excluding hydrogens is 300 g/mol. The van der Waals surface area contributed by atoms with E-state index in [0.717, 1.165) is 22.2 Å². The van der Waals surface area contributed by atoms with Crippen molar-refractivity contribution in [1.82, 2.24) is 4.98 Å². The summed E-state index contributed by atoms with van der Waals surface area (Å²) >= 11 is 2.11. The number of nitrogens with zero attached hydrogens (tertiary/aromatic N) is 4. The molecule has 0 saturated carbocycles. The van der Waals surface area contributed by atoms with Crippen LogP contribution in [0.25, 0.3) is 10.1 Å². The van der Waals surface area contributed by atoms with Gasteiger partial charge in [0.25, 0.3) is 0 Å². The van der Waals surface area contributed by atoms with Gasteiger partial charge < -0.3 is 5.11 Å². The SMILES string of the molecule is O=[N+]([O-])c1cnc(N=Nc2sc3ccccc3c2O)s1. The van der Waals surface area contributed by atoms with Crippen LogP contribution in [0.1, 0.15) is 0 Å². The highest BCUT2D eigenvalue weighted by Crippen LogP contribution is 2.43. The molecule has 0 radical (unpaired) electrons. The Morgan fingerprint density at radius 2 is 2.05 bits per heavy atom. The molecule has 3 rings (SSSR count). The van der Waals surface area contributed by atoms with E-state index < -0.39 is 4.92 Å². The predicted molar refractivity (Wildman–Crippen MR) is 76.4 cm³/mol. The summed E-state index contributed by atoms with van der Waals surface area (Å²) in [5.41, 5.74) is 0. The maximum absolute atomic E-state index is 10.5. The van der Waals surface area contributed by atoms with Gasteiger partial charge in [-0.25, -0.2) is 4.98 Å². The molecule has 0 atom stereocenters. The van der Waals surface area contributed by atoms with Crippen LogP contribution < -0.4 is 0 Å². The lowest BCUT2D eigenvalue weighted by molar-refractivity contribution is -0.380. The summed E-state index contributed by atoms with van der Waals surface area (Å²) in [4.78, 5) is 13.8. The van der Waals surface area contributed by atoms with Gasteiger partial charge in [0.2, 0.25) is 5.13 Å². The lowest BCUT2D eigenvalue weighted by Crippen LogP contribution is -1.80. The third kappa shape index (κ3) is 2.24. The van der Waals surface area contributed by atoms with E-state index in [1.54, 1.807) is 6.07 Å². The molecule has 0 unspecified atom stereocenters. The topological polar surface area (TPSA) is 101 Å². The number of hydrogen-bond donors (Lipinski definition) is 1. The number of aromatic nitrogens is 1. The molecular formula is C11H6N4O3S2. The maximum Gasteiger partial charge on any atom is 0.345 e. The molecule has 0 aliphatic heterocycles. The second-order valence-corrected chi connectivity index (χ2v) is 5.71. The van der Waals surface area contributed by atoms with Gasteiger partial charge in [-0.2, -0.15) is 0 Å². The van der Waals surface area contributed by atoms with E-state index >= 15 is 0 Å². The number of thiazole rings is 1. The van der Waals surface area contributed by atoms with E-state index in [4.69, 9.17) is 0 Å². The Balaban J connectivity index is 1.93. The van der Waals surface area contributed by atoms with Gasteiger partial charge in [0, 0.05) is 10.1 Å². The van der Waals surface area contributed by atoms with Crippen LogP contribution in [-0.4, -0.2) is 15.0 Å². The number of hydrogen-bond acceptors (Lipinski definition) is 8. The molecule has 1 aromatic carbocycles. The summed E-state index contributed by atoms with van der Waals surface area (Å²) in [5.74, 6) is 0.0559. The van der Waals surface area contributed by atoms with Crippen LogP contribution in [0.2, 0.25) is 0 Å². The van der Waals surface area contributed by atoms with Crippen LogP contribution in [0.3, 0.4) is 0 Å². The van der Waals surface area contributed by atoms with Crippen molar-refractivity contribution in [2.75, 3.05) is 0 Å². The van der Waals surface area contributed by atoms with E-state index in [1.807, 2.05) is 18.2 Å². The lowest BCUT2D eigenvalue weighted by atomic mass is 10.2. The zero-order chi connectivity index (χ0) is 14.1. The molecule has 0 aliphatic carbocycles. The van der Waals surface area contributed by atoms with Crippen LogP contribution >= 0.6 is 22.7 Å². The van der Waals surface area contributed by atoms with Crippen molar-refractivity contribution in [1.29, 1.82) is 0 Å². The zero-order valence-corrected chi connectivity index (χ0v) is 11.4. The first-order chi connectivity index (χ1) is 9.65. The zero-order valence-electron chi connectivity index (χ0n) is 9.76. The minimum absolute atomic E-state index is 0.0559. The fraction of sp³-hybridized carbons (Fsp3) is 0.